The van der Waals surface area contributed by atoms with Gasteiger partial charge in [0, 0.05) is 6.42 Å². The molecule has 0 saturated carbocycles. The van der Waals surface area contributed by atoms with Crippen LogP contribution < -0.4 is 14.2 Å². The first-order valence-electron chi connectivity index (χ1n) is 11.6. The van der Waals surface area contributed by atoms with Crippen LogP contribution in [0.25, 0.3) is 0 Å². The van der Waals surface area contributed by atoms with Gasteiger partial charge in [0.1, 0.15) is 12.2 Å². The fourth-order valence-electron chi connectivity index (χ4n) is 3.30. The van der Waals surface area contributed by atoms with Gasteiger partial charge >= 0.3 is 11.9 Å². The molecule has 182 valence electrons. The standard InChI is InChI=1S/C25H40O7/c1-7-8-9-10-11-12-13-14-15-23(26)31-18(2)19(3)32-25(27)20-16-21(28-4)24(30-6)22(17-20)29-5/h16-19H,7-15H2,1-6H3. The number of benzene rings is 1. The first kappa shape index (κ1) is 27.6. The van der Waals surface area contributed by atoms with Crippen LogP contribution >= 0.6 is 0 Å². The van der Waals surface area contributed by atoms with Crippen molar-refractivity contribution in [3.8, 4) is 17.2 Å². The largest absolute Gasteiger partial charge is 0.493 e. The summed E-state index contributed by atoms with van der Waals surface area (Å²) in [5, 5.41) is 0. The van der Waals surface area contributed by atoms with E-state index in [9.17, 15) is 9.59 Å². The van der Waals surface area contributed by atoms with Gasteiger partial charge in [-0.3, -0.25) is 4.79 Å². The van der Waals surface area contributed by atoms with Crippen LogP contribution in [-0.2, 0) is 14.3 Å². The molecule has 7 nitrogen and oxygen atoms in total. The molecule has 0 aromatic heterocycles. The molecule has 0 aliphatic heterocycles. The summed E-state index contributed by atoms with van der Waals surface area (Å²) >= 11 is 0. The molecule has 1 aromatic carbocycles. The molecule has 0 spiro atoms. The van der Waals surface area contributed by atoms with E-state index in [-0.39, 0.29) is 11.5 Å². The number of methoxy groups -OCH3 is 3. The molecule has 0 radical (unpaired) electrons. The Kier molecular flexibility index (Phi) is 13.3. The number of carbonyl (C=O) groups is 2. The molecule has 0 heterocycles. The normalized spacial score (nSPS) is 12.6. The zero-order valence-corrected chi connectivity index (χ0v) is 20.5. The Labute approximate surface area is 192 Å². The first-order valence-corrected chi connectivity index (χ1v) is 11.6. The van der Waals surface area contributed by atoms with Gasteiger partial charge in [0.25, 0.3) is 0 Å². The predicted octanol–water partition coefficient (Wildman–Crippen LogP) is 5.72. The molecule has 0 N–H and O–H groups in total. The predicted molar refractivity (Wildman–Crippen MR) is 124 cm³/mol. The number of rotatable bonds is 16. The molecule has 0 aliphatic rings. The van der Waals surface area contributed by atoms with E-state index in [0.29, 0.717) is 23.7 Å². The summed E-state index contributed by atoms with van der Waals surface area (Å²) in [7, 11) is 4.44. The van der Waals surface area contributed by atoms with E-state index in [1.807, 2.05) is 0 Å². The van der Waals surface area contributed by atoms with Crippen LogP contribution in [0.1, 0.15) is 88.9 Å². The molecule has 0 fully saturated rings. The van der Waals surface area contributed by atoms with Gasteiger partial charge in [-0.25, -0.2) is 4.79 Å². The van der Waals surface area contributed by atoms with E-state index >= 15 is 0 Å². The summed E-state index contributed by atoms with van der Waals surface area (Å²) < 4.78 is 26.8. The van der Waals surface area contributed by atoms with E-state index < -0.39 is 18.2 Å². The number of hydrogen-bond acceptors (Lipinski definition) is 7. The van der Waals surface area contributed by atoms with Crippen LogP contribution in [0, 0.1) is 0 Å². The molecule has 0 bridgehead atoms. The van der Waals surface area contributed by atoms with Gasteiger partial charge in [-0.2, -0.15) is 0 Å². The molecule has 2 unspecified atom stereocenters. The van der Waals surface area contributed by atoms with Gasteiger partial charge < -0.3 is 23.7 Å². The van der Waals surface area contributed by atoms with Crippen molar-refractivity contribution in [2.75, 3.05) is 21.3 Å². The number of unbranched alkanes of at least 4 members (excludes halogenated alkanes) is 7. The SMILES string of the molecule is CCCCCCCCCCC(=O)OC(C)C(C)OC(=O)c1cc(OC)c(OC)c(OC)c1. The first-order chi connectivity index (χ1) is 15.4. The maximum atomic E-state index is 12.6. The lowest BCUT2D eigenvalue weighted by molar-refractivity contribution is -0.153. The third-order valence-electron chi connectivity index (χ3n) is 5.41. The van der Waals surface area contributed by atoms with Crippen molar-refractivity contribution in [3.63, 3.8) is 0 Å². The second-order valence-corrected chi connectivity index (χ2v) is 7.94. The zero-order valence-electron chi connectivity index (χ0n) is 20.5. The average Bonchev–Trinajstić information content (AvgIpc) is 2.79. The summed E-state index contributed by atoms with van der Waals surface area (Å²) in [5.41, 5.74) is 0.254. The number of esters is 2. The maximum absolute atomic E-state index is 12.6. The van der Waals surface area contributed by atoms with Gasteiger partial charge in [0.05, 0.1) is 26.9 Å². The van der Waals surface area contributed by atoms with E-state index in [0.717, 1.165) is 19.3 Å². The molecule has 0 amide bonds. The highest BCUT2D eigenvalue weighted by Crippen LogP contribution is 2.38. The van der Waals surface area contributed by atoms with Gasteiger partial charge in [-0.1, -0.05) is 51.9 Å². The van der Waals surface area contributed by atoms with Crippen LogP contribution in [-0.4, -0.2) is 45.5 Å². The summed E-state index contributed by atoms with van der Waals surface area (Å²) in [6.45, 7) is 5.63. The molecule has 32 heavy (non-hydrogen) atoms. The molecule has 0 saturated heterocycles. The number of hydrogen-bond donors (Lipinski definition) is 0. The topological polar surface area (TPSA) is 80.3 Å². The number of carbonyl (C=O) groups excluding carboxylic acids is 2. The highest BCUT2D eigenvalue weighted by Gasteiger charge is 2.23. The Balaban J connectivity index is 2.47. The smallest absolute Gasteiger partial charge is 0.338 e. The van der Waals surface area contributed by atoms with Crippen molar-refractivity contribution in [2.24, 2.45) is 0 Å². The molecule has 1 aromatic rings. The molecule has 1 rings (SSSR count). The molecular weight excluding hydrogens is 412 g/mol. The van der Waals surface area contributed by atoms with E-state index in [4.69, 9.17) is 23.7 Å². The maximum Gasteiger partial charge on any atom is 0.338 e. The fourth-order valence-corrected chi connectivity index (χ4v) is 3.30. The molecular formula is C25H40O7. The Morgan fingerprint density at radius 3 is 1.75 bits per heavy atom. The van der Waals surface area contributed by atoms with E-state index in [2.05, 4.69) is 6.92 Å². The number of ether oxygens (including phenoxy) is 5. The molecule has 7 heteroatoms. The Hall–Kier alpha value is -2.44. The lowest BCUT2D eigenvalue weighted by Crippen LogP contribution is -2.30. The van der Waals surface area contributed by atoms with E-state index in [1.54, 1.807) is 13.8 Å². The minimum atomic E-state index is -0.607. The minimum absolute atomic E-state index is 0.254. The second kappa shape index (κ2) is 15.4. The van der Waals surface area contributed by atoms with Crippen molar-refractivity contribution in [1.29, 1.82) is 0 Å². The average molecular weight is 453 g/mol. The highest BCUT2D eigenvalue weighted by atomic mass is 16.6. The Morgan fingerprint density at radius 2 is 1.25 bits per heavy atom. The van der Waals surface area contributed by atoms with Crippen LogP contribution in [0.3, 0.4) is 0 Å². The van der Waals surface area contributed by atoms with E-state index in [1.165, 1.54) is 65.6 Å². The molecule has 0 aliphatic carbocycles. The van der Waals surface area contributed by atoms with Crippen molar-refractivity contribution in [3.05, 3.63) is 17.7 Å². The third-order valence-corrected chi connectivity index (χ3v) is 5.41. The Bertz CT molecular complexity index is 677. The highest BCUT2D eigenvalue weighted by molar-refractivity contribution is 5.91. The van der Waals surface area contributed by atoms with Crippen molar-refractivity contribution in [2.45, 2.75) is 90.8 Å². The Morgan fingerprint density at radius 1 is 0.750 bits per heavy atom. The van der Waals surface area contributed by atoms with Crippen LogP contribution in [0.4, 0.5) is 0 Å². The summed E-state index contributed by atoms with van der Waals surface area (Å²) in [4.78, 5) is 24.7. The molecule has 2 atom stereocenters. The van der Waals surface area contributed by atoms with Crippen molar-refractivity contribution >= 4 is 11.9 Å². The van der Waals surface area contributed by atoms with Crippen LogP contribution in [0.15, 0.2) is 12.1 Å². The minimum Gasteiger partial charge on any atom is -0.493 e. The van der Waals surface area contributed by atoms with Gasteiger partial charge in [0.2, 0.25) is 5.75 Å². The van der Waals surface area contributed by atoms with Crippen molar-refractivity contribution < 1.29 is 33.3 Å². The van der Waals surface area contributed by atoms with Crippen LogP contribution in [0.2, 0.25) is 0 Å². The van der Waals surface area contributed by atoms with Crippen LogP contribution in [0.5, 0.6) is 17.2 Å². The quantitative estimate of drug-likeness (QED) is 0.234. The van der Waals surface area contributed by atoms with Gasteiger partial charge in [0.15, 0.2) is 11.5 Å². The lowest BCUT2D eigenvalue weighted by Gasteiger charge is -2.21. The fraction of sp³-hybridized carbons (Fsp3) is 0.680. The van der Waals surface area contributed by atoms with Gasteiger partial charge in [-0.15, -0.1) is 0 Å². The lowest BCUT2D eigenvalue weighted by atomic mass is 10.1. The van der Waals surface area contributed by atoms with Gasteiger partial charge in [-0.05, 0) is 32.4 Å². The second-order valence-electron chi connectivity index (χ2n) is 7.94. The summed E-state index contributed by atoms with van der Waals surface area (Å²) in [6, 6.07) is 3.05. The van der Waals surface area contributed by atoms with Crippen molar-refractivity contribution in [1.82, 2.24) is 0 Å². The zero-order chi connectivity index (χ0) is 23.9. The third kappa shape index (κ3) is 9.37. The summed E-state index contributed by atoms with van der Waals surface area (Å²) in [6.07, 6.45) is 8.55. The monoisotopic (exact) mass is 452 g/mol. The summed E-state index contributed by atoms with van der Waals surface area (Å²) in [5.74, 6) is 0.275.